The normalized spacial score (nSPS) is 29.6. The Labute approximate surface area is 70.5 Å². The SMILES string of the molecule is N[C@H]1C=C[C@@H](COP(=O)(O)O)C1. The van der Waals surface area contributed by atoms with Gasteiger partial charge in [0.2, 0.25) is 0 Å². The molecule has 0 saturated carbocycles. The molecule has 0 aliphatic heterocycles. The Bertz CT molecular complexity index is 224. The van der Waals surface area contributed by atoms with Crippen LogP contribution in [0.15, 0.2) is 12.2 Å². The van der Waals surface area contributed by atoms with Crippen molar-refractivity contribution in [2.45, 2.75) is 12.5 Å². The summed E-state index contributed by atoms with van der Waals surface area (Å²) in [4.78, 5) is 16.8. The van der Waals surface area contributed by atoms with E-state index < -0.39 is 7.82 Å². The largest absolute Gasteiger partial charge is 0.469 e. The van der Waals surface area contributed by atoms with E-state index >= 15 is 0 Å². The molecule has 0 heterocycles. The van der Waals surface area contributed by atoms with Gasteiger partial charge in [-0.15, -0.1) is 0 Å². The zero-order valence-electron chi connectivity index (χ0n) is 6.46. The Hall–Kier alpha value is -0.190. The number of hydrogen-bond donors (Lipinski definition) is 3. The number of phosphoric acid groups is 1. The third-order valence-corrected chi connectivity index (χ3v) is 2.15. The van der Waals surface area contributed by atoms with Crippen molar-refractivity contribution in [3.8, 4) is 0 Å². The highest BCUT2D eigenvalue weighted by molar-refractivity contribution is 7.46. The minimum absolute atomic E-state index is 0.00429. The second-order valence-corrected chi connectivity index (χ2v) is 4.07. The van der Waals surface area contributed by atoms with E-state index in [1.54, 1.807) is 0 Å². The topological polar surface area (TPSA) is 92.8 Å². The minimum atomic E-state index is -4.31. The molecule has 12 heavy (non-hydrogen) atoms. The summed E-state index contributed by atoms with van der Waals surface area (Å²) >= 11 is 0. The molecule has 0 unspecified atom stereocenters. The molecule has 0 radical (unpaired) electrons. The van der Waals surface area contributed by atoms with Gasteiger partial charge >= 0.3 is 7.82 Å². The van der Waals surface area contributed by atoms with Crippen LogP contribution in [-0.2, 0) is 9.09 Å². The van der Waals surface area contributed by atoms with E-state index in [0.717, 1.165) is 0 Å². The Morgan fingerprint density at radius 2 is 2.25 bits per heavy atom. The molecule has 4 N–H and O–H groups in total. The fourth-order valence-corrected chi connectivity index (χ4v) is 1.51. The predicted octanol–water partition coefficient (Wildman–Crippen LogP) is -0.000900. The third kappa shape index (κ3) is 3.47. The lowest BCUT2D eigenvalue weighted by Gasteiger charge is -2.10. The van der Waals surface area contributed by atoms with Crippen molar-refractivity contribution in [2.75, 3.05) is 6.61 Å². The molecule has 0 amide bonds. The molecule has 1 aliphatic rings. The van der Waals surface area contributed by atoms with Crippen molar-refractivity contribution in [3.63, 3.8) is 0 Å². The van der Waals surface area contributed by atoms with Crippen molar-refractivity contribution < 1.29 is 18.9 Å². The highest BCUT2D eigenvalue weighted by atomic mass is 31.2. The lowest BCUT2D eigenvalue weighted by atomic mass is 10.1. The first-order chi connectivity index (χ1) is 5.47. The van der Waals surface area contributed by atoms with Gasteiger partial charge in [-0.3, -0.25) is 4.52 Å². The van der Waals surface area contributed by atoms with E-state index in [1.807, 2.05) is 12.2 Å². The Kier molecular flexibility index (Phi) is 3.04. The van der Waals surface area contributed by atoms with Gasteiger partial charge in [0.25, 0.3) is 0 Å². The van der Waals surface area contributed by atoms with E-state index in [-0.39, 0.29) is 18.6 Å². The highest BCUT2D eigenvalue weighted by Crippen LogP contribution is 2.37. The molecule has 0 aromatic heterocycles. The van der Waals surface area contributed by atoms with Gasteiger partial charge < -0.3 is 15.5 Å². The molecule has 0 aromatic carbocycles. The number of nitrogens with two attached hydrogens (primary N) is 1. The zero-order valence-corrected chi connectivity index (χ0v) is 7.35. The van der Waals surface area contributed by atoms with E-state index in [0.29, 0.717) is 6.42 Å². The third-order valence-electron chi connectivity index (χ3n) is 1.66. The summed E-state index contributed by atoms with van der Waals surface area (Å²) in [6, 6.07) is -0.00429. The second kappa shape index (κ2) is 3.68. The van der Waals surface area contributed by atoms with Crippen LogP contribution in [-0.4, -0.2) is 22.4 Å². The standard InChI is InChI=1S/C6H12NO4P/c7-6-2-1-5(3-6)4-11-12(8,9)10/h1-2,5-6H,3-4,7H2,(H2,8,9,10)/t5-,6+/m1/s1. The maximum absolute atomic E-state index is 10.3. The molecule has 0 saturated heterocycles. The number of rotatable bonds is 3. The summed E-state index contributed by atoms with van der Waals surface area (Å²) in [6.07, 6.45) is 4.33. The fourth-order valence-electron chi connectivity index (χ4n) is 1.12. The molecule has 5 nitrogen and oxygen atoms in total. The van der Waals surface area contributed by atoms with E-state index in [4.69, 9.17) is 15.5 Å². The van der Waals surface area contributed by atoms with Crippen LogP contribution in [0.3, 0.4) is 0 Å². The van der Waals surface area contributed by atoms with Gasteiger partial charge in [0.15, 0.2) is 0 Å². The van der Waals surface area contributed by atoms with Gasteiger partial charge in [0, 0.05) is 12.0 Å². The Morgan fingerprint density at radius 1 is 1.58 bits per heavy atom. The van der Waals surface area contributed by atoms with Crippen molar-refractivity contribution in [2.24, 2.45) is 11.7 Å². The van der Waals surface area contributed by atoms with Crippen molar-refractivity contribution >= 4 is 7.82 Å². The molecular formula is C6H12NO4P. The number of hydrogen-bond acceptors (Lipinski definition) is 3. The Balaban J connectivity index is 2.26. The highest BCUT2D eigenvalue weighted by Gasteiger charge is 2.20. The molecular weight excluding hydrogens is 181 g/mol. The van der Waals surface area contributed by atoms with Gasteiger partial charge in [0.05, 0.1) is 6.61 Å². The van der Waals surface area contributed by atoms with Gasteiger partial charge in [-0.25, -0.2) is 4.57 Å². The predicted molar refractivity (Wildman–Crippen MR) is 43.2 cm³/mol. The van der Waals surface area contributed by atoms with Crippen molar-refractivity contribution in [1.82, 2.24) is 0 Å². The Morgan fingerprint density at radius 3 is 2.67 bits per heavy atom. The van der Waals surface area contributed by atoms with Crippen LogP contribution in [0, 0.1) is 5.92 Å². The van der Waals surface area contributed by atoms with Crippen LogP contribution in [0.25, 0.3) is 0 Å². The summed E-state index contributed by atoms with van der Waals surface area (Å²) in [5.74, 6) is 0.0348. The quantitative estimate of drug-likeness (QED) is 0.433. The average molecular weight is 193 g/mol. The van der Waals surface area contributed by atoms with Crippen molar-refractivity contribution in [1.29, 1.82) is 0 Å². The molecule has 6 heteroatoms. The maximum atomic E-state index is 10.3. The molecule has 1 rings (SSSR count). The molecule has 0 bridgehead atoms. The molecule has 0 fully saturated rings. The summed E-state index contributed by atoms with van der Waals surface area (Å²) < 4.78 is 14.6. The summed E-state index contributed by atoms with van der Waals surface area (Å²) in [6.45, 7) is 0.0362. The first kappa shape index (κ1) is 9.89. The molecule has 1 aliphatic carbocycles. The van der Waals surface area contributed by atoms with Crippen LogP contribution < -0.4 is 5.73 Å². The second-order valence-electron chi connectivity index (χ2n) is 2.83. The van der Waals surface area contributed by atoms with Crippen molar-refractivity contribution in [3.05, 3.63) is 12.2 Å². The minimum Gasteiger partial charge on any atom is -0.324 e. The van der Waals surface area contributed by atoms with Gasteiger partial charge in [0.1, 0.15) is 0 Å². The van der Waals surface area contributed by atoms with Gasteiger partial charge in [-0.1, -0.05) is 12.2 Å². The van der Waals surface area contributed by atoms with E-state index in [9.17, 15) is 4.57 Å². The van der Waals surface area contributed by atoms with Gasteiger partial charge in [-0.05, 0) is 6.42 Å². The summed E-state index contributed by atoms with van der Waals surface area (Å²) in [5.41, 5.74) is 5.53. The average Bonchev–Trinajstić information content (AvgIpc) is 2.30. The molecule has 0 aromatic rings. The molecule has 2 atom stereocenters. The van der Waals surface area contributed by atoms with Crippen LogP contribution >= 0.6 is 7.82 Å². The smallest absolute Gasteiger partial charge is 0.324 e. The van der Waals surface area contributed by atoms with Crippen LogP contribution in [0.1, 0.15) is 6.42 Å². The first-order valence-electron chi connectivity index (χ1n) is 3.61. The van der Waals surface area contributed by atoms with Crippen LogP contribution in [0.2, 0.25) is 0 Å². The summed E-state index contributed by atoms with van der Waals surface area (Å²) in [7, 11) is -4.31. The zero-order chi connectivity index (χ0) is 9.19. The first-order valence-corrected chi connectivity index (χ1v) is 5.14. The fraction of sp³-hybridized carbons (Fsp3) is 0.667. The monoisotopic (exact) mass is 193 g/mol. The van der Waals surface area contributed by atoms with Crippen LogP contribution in [0.5, 0.6) is 0 Å². The van der Waals surface area contributed by atoms with Crippen LogP contribution in [0.4, 0.5) is 0 Å². The lowest BCUT2D eigenvalue weighted by molar-refractivity contribution is 0.178. The van der Waals surface area contributed by atoms with E-state index in [2.05, 4.69) is 4.52 Å². The maximum Gasteiger partial charge on any atom is 0.469 e. The summed E-state index contributed by atoms with van der Waals surface area (Å²) in [5, 5.41) is 0. The lowest BCUT2D eigenvalue weighted by Crippen LogP contribution is -2.16. The van der Waals surface area contributed by atoms with Gasteiger partial charge in [-0.2, -0.15) is 0 Å². The number of phosphoric ester groups is 1. The molecule has 0 spiro atoms. The molecule has 70 valence electrons. The van der Waals surface area contributed by atoms with E-state index in [1.165, 1.54) is 0 Å².